The molecule has 0 atom stereocenters. The quantitative estimate of drug-likeness (QED) is 0.348. The average molecular weight is 519 g/mol. The molecule has 0 amide bonds. The SMILES string of the molecule is CCOC(=O)COc1c(Br)cc(/C=C(/C#N)c2nc3ccc(C)cc3[nH]2)cc1Br. The Hall–Kier alpha value is -2.63. The van der Waals surface area contributed by atoms with Gasteiger partial charge in [0.05, 0.1) is 32.2 Å². The summed E-state index contributed by atoms with van der Waals surface area (Å²) < 4.78 is 11.7. The van der Waals surface area contributed by atoms with Crippen LogP contribution in [0.15, 0.2) is 39.3 Å². The molecule has 0 aliphatic carbocycles. The predicted octanol–water partition coefficient (Wildman–Crippen LogP) is 5.40. The first-order valence-corrected chi connectivity index (χ1v) is 10.4. The fourth-order valence-electron chi connectivity index (χ4n) is 2.71. The van der Waals surface area contributed by atoms with Gasteiger partial charge in [0.15, 0.2) is 6.61 Å². The van der Waals surface area contributed by atoms with E-state index in [1.165, 1.54) is 0 Å². The maximum atomic E-state index is 11.5. The van der Waals surface area contributed by atoms with Gasteiger partial charge in [0.1, 0.15) is 17.6 Å². The molecule has 1 heterocycles. The molecule has 0 spiro atoms. The van der Waals surface area contributed by atoms with E-state index in [0.717, 1.165) is 22.2 Å². The van der Waals surface area contributed by atoms with Gasteiger partial charge in [0.25, 0.3) is 0 Å². The number of nitriles is 1. The fraction of sp³-hybridized carbons (Fsp3) is 0.190. The van der Waals surface area contributed by atoms with Crippen LogP contribution in [0.1, 0.15) is 23.9 Å². The van der Waals surface area contributed by atoms with Crippen LogP contribution < -0.4 is 4.74 Å². The van der Waals surface area contributed by atoms with Crippen LogP contribution in [0, 0.1) is 18.3 Å². The van der Waals surface area contributed by atoms with Crippen molar-refractivity contribution in [3.63, 3.8) is 0 Å². The molecule has 148 valence electrons. The van der Waals surface area contributed by atoms with E-state index in [4.69, 9.17) is 9.47 Å². The zero-order valence-corrected chi connectivity index (χ0v) is 18.9. The summed E-state index contributed by atoms with van der Waals surface area (Å²) in [7, 11) is 0. The van der Waals surface area contributed by atoms with E-state index in [0.29, 0.717) is 32.7 Å². The number of allylic oxidation sites excluding steroid dienone is 1. The third kappa shape index (κ3) is 5.05. The number of nitrogens with one attached hydrogen (secondary N) is 1. The Bertz CT molecular complexity index is 1120. The van der Waals surface area contributed by atoms with Crippen molar-refractivity contribution in [2.75, 3.05) is 13.2 Å². The van der Waals surface area contributed by atoms with E-state index in [2.05, 4.69) is 47.9 Å². The second-order valence-electron chi connectivity index (χ2n) is 6.18. The summed E-state index contributed by atoms with van der Waals surface area (Å²) in [6.45, 7) is 3.84. The number of aryl methyl sites for hydroxylation is 1. The van der Waals surface area contributed by atoms with E-state index < -0.39 is 5.97 Å². The number of carbonyl (C=O) groups is 1. The van der Waals surface area contributed by atoms with Crippen molar-refractivity contribution in [3.8, 4) is 11.8 Å². The van der Waals surface area contributed by atoms with Crippen LogP contribution in [0.25, 0.3) is 22.7 Å². The Morgan fingerprint density at radius 2 is 2.00 bits per heavy atom. The van der Waals surface area contributed by atoms with Crippen molar-refractivity contribution < 1.29 is 14.3 Å². The second-order valence-corrected chi connectivity index (χ2v) is 7.89. The molecule has 8 heteroatoms. The minimum absolute atomic E-state index is 0.192. The second kappa shape index (κ2) is 9.25. The molecule has 0 unspecified atom stereocenters. The Labute approximate surface area is 184 Å². The lowest BCUT2D eigenvalue weighted by atomic mass is 10.1. The van der Waals surface area contributed by atoms with Gasteiger partial charge in [0.2, 0.25) is 0 Å². The van der Waals surface area contributed by atoms with Crippen LogP contribution in [0.3, 0.4) is 0 Å². The molecule has 3 rings (SSSR count). The van der Waals surface area contributed by atoms with E-state index >= 15 is 0 Å². The number of imidazole rings is 1. The average Bonchev–Trinajstić information content (AvgIpc) is 3.08. The van der Waals surface area contributed by atoms with E-state index in [1.54, 1.807) is 25.1 Å². The van der Waals surface area contributed by atoms with Gasteiger partial charge in [-0.3, -0.25) is 0 Å². The molecule has 0 bridgehead atoms. The Morgan fingerprint density at radius 3 is 2.66 bits per heavy atom. The number of fused-ring (bicyclic) bond motifs is 1. The molecule has 29 heavy (non-hydrogen) atoms. The van der Waals surface area contributed by atoms with E-state index in [9.17, 15) is 10.1 Å². The fourth-order valence-corrected chi connectivity index (χ4v) is 4.16. The summed E-state index contributed by atoms with van der Waals surface area (Å²) in [5.41, 5.74) is 3.96. The highest BCUT2D eigenvalue weighted by Crippen LogP contribution is 2.36. The standard InChI is InChI=1S/C21H17Br2N3O3/c1-3-28-19(27)11-29-20-15(22)8-13(9-16(20)23)7-14(10-24)21-25-17-5-4-12(2)6-18(17)26-21/h4-9H,3,11H2,1-2H3,(H,25,26)/b14-7-. The number of hydrogen-bond acceptors (Lipinski definition) is 5. The summed E-state index contributed by atoms with van der Waals surface area (Å²) in [5.74, 6) is 0.540. The normalized spacial score (nSPS) is 11.3. The Kier molecular flexibility index (Phi) is 6.72. The maximum absolute atomic E-state index is 11.5. The summed E-state index contributed by atoms with van der Waals surface area (Å²) in [6, 6.07) is 11.7. The molecule has 0 saturated carbocycles. The molecule has 6 nitrogen and oxygen atoms in total. The Morgan fingerprint density at radius 1 is 1.28 bits per heavy atom. The summed E-state index contributed by atoms with van der Waals surface area (Å²) in [4.78, 5) is 19.2. The molecule has 1 N–H and O–H groups in total. The zero-order chi connectivity index (χ0) is 21.0. The number of hydrogen-bond donors (Lipinski definition) is 1. The molecule has 0 saturated heterocycles. The predicted molar refractivity (Wildman–Crippen MR) is 118 cm³/mol. The third-order valence-electron chi connectivity index (χ3n) is 3.98. The molecule has 0 fully saturated rings. The molecule has 2 aromatic carbocycles. The molecule has 3 aromatic rings. The lowest BCUT2D eigenvalue weighted by Gasteiger charge is -2.11. The third-order valence-corrected chi connectivity index (χ3v) is 5.16. The molecule has 0 aliphatic heterocycles. The first-order valence-electron chi connectivity index (χ1n) is 8.77. The molecule has 0 radical (unpaired) electrons. The van der Waals surface area contributed by atoms with Gasteiger partial charge in [-0.25, -0.2) is 9.78 Å². The van der Waals surface area contributed by atoms with Crippen molar-refractivity contribution in [1.29, 1.82) is 5.26 Å². The molecular weight excluding hydrogens is 502 g/mol. The van der Waals surface area contributed by atoms with Crippen molar-refractivity contribution in [3.05, 3.63) is 56.2 Å². The first kappa shape index (κ1) is 21.1. The van der Waals surface area contributed by atoms with Gasteiger partial charge in [0, 0.05) is 0 Å². The van der Waals surface area contributed by atoms with Crippen LogP contribution in [0.5, 0.6) is 5.75 Å². The summed E-state index contributed by atoms with van der Waals surface area (Å²) in [5, 5.41) is 9.63. The van der Waals surface area contributed by atoms with Gasteiger partial charge >= 0.3 is 5.97 Å². The minimum Gasteiger partial charge on any atom is -0.480 e. The van der Waals surface area contributed by atoms with Crippen LogP contribution in [-0.4, -0.2) is 29.2 Å². The Balaban J connectivity index is 1.89. The number of carbonyl (C=O) groups excluding carboxylic acids is 1. The van der Waals surface area contributed by atoms with Crippen molar-refractivity contribution in [1.82, 2.24) is 9.97 Å². The van der Waals surface area contributed by atoms with Crippen LogP contribution in [-0.2, 0) is 9.53 Å². The number of rotatable bonds is 6. The maximum Gasteiger partial charge on any atom is 0.344 e. The summed E-state index contributed by atoms with van der Waals surface area (Å²) >= 11 is 6.90. The number of aromatic amines is 1. The highest BCUT2D eigenvalue weighted by Gasteiger charge is 2.13. The largest absolute Gasteiger partial charge is 0.480 e. The molecule has 1 aromatic heterocycles. The van der Waals surface area contributed by atoms with Crippen molar-refractivity contribution >= 4 is 60.5 Å². The monoisotopic (exact) mass is 517 g/mol. The summed E-state index contributed by atoms with van der Waals surface area (Å²) in [6.07, 6.45) is 1.73. The number of nitrogens with zero attached hydrogens (tertiary/aromatic N) is 2. The lowest BCUT2D eigenvalue weighted by Crippen LogP contribution is -2.15. The van der Waals surface area contributed by atoms with Crippen LogP contribution in [0.4, 0.5) is 0 Å². The molecule has 0 aliphatic rings. The van der Waals surface area contributed by atoms with E-state index in [-0.39, 0.29) is 6.61 Å². The van der Waals surface area contributed by atoms with Crippen molar-refractivity contribution in [2.24, 2.45) is 0 Å². The molecular formula is C21H17Br2N3O3. The minimum atomic E-state index is -0.442. The van der Waals surface area contributed by atoms with Crippen LogP contribution in [0.2, 0.25) is 0 Å². The zero-order valence-electron chi connectivity index (χ0n) is 15.8. The van der Waals surface area contributed by atoms with Gasteiger partial charge in [-0.1, -0.05) is 6.07 Å². The van der Waals surface area contributed by atoms with Crippen molar-refractivity contribution in [2.45, 2.75) is 13.8 Å². The van der Waals surface area contributed by atoms with Gasteiger partial charge in [-0.2, -0.15) is 5.26 Å². The number of halogens is 2. The van der Waals surface area contributed by atoms with E-state index in [1.807, 2.05) is 25.1 Å². The number of H-pyrrole nitrogens is 1. The highest BCUT2D eigenvalue weighted by atomic mass is 79.9. The van der Waals surface area contributed by atoms with Gasteiger partial charge < -0.3 is 14.5 Å². The number of benzene rings is 2. The lowest BCUT2D eigenvalue weighted by molar-refractivity contribution is -0.145. The van der Waals surface area contributed by atoms with Crippen LogP contribution >= 0.6 is 31.9 Å². The van der Waals surface area contributed by atoms with Gasteiger partial charge in [-0.05, 0) is 87.2 Å². The first-order chi connectivity index (χ1) is 13.9. The van der Waals surface area contributed by atoms with Gasteiger partial charge in [-0.15, -0.1) is 0 Å². The highest BCUT2D eigenvalue weighted by molar-refractivity contribution is 9.11. The smallest absolute Gasteiger partial charge is 0.344 e. The number of aromatic nitrogens is 2. The number of esters is 1. The number of ether oxygens (including phenoxy) is 2. The topological polar surface area (TPSA) is 88.0 Å².